The molecule has 2 atom stereocenters. The van der Waals surface area contributed by atoms with Crippen molar-refractivity contribution < 1.29 is 14.3 Å². The van der Waals surface area contributed by atoms with Crippen molar-refractivity contribution in [2.24, 2.45) is 0 Å². The number of aromatic nitrogens is 3. The molecule has 1 fully saturated rings. The van der Waals surface area contributed by atoms with Crippen LogP contribution in [0.1, 0.15) is 55.4 Å². The monoisotopic (exact) mass is 582 g/mol. The molecule has 12 heteroatoms. The summed E-state index contributed by atoms with van der Waals surface area (Å²) in [6.45, 7) is 16.8. The summed E-state index contributed by atoms with van der Waals surface area (Å²) in [5, 5.41) is 9.64. The van der Waals surface area contributed by atoms with E-state index in [1.807, 2.05) is 84.6 Å². The smallest absolute Gasteiger partial charge is 0.410 e. The SMILES string of the molecule is CC1CN(c2ccc(Nc3ncc4cc(Cl)c(NC(=O)NC(C)(C)C)nc4n3)cc2)CC(C)N1C(=O)OC(C)(C)C. The molecule has 3 heterocycles. The van der Waals surface area contributed by atoms with Crippen molar-refractivity contribution in [2.45, 2.75) is 78.6 Å². The van der Waals surface area contributed by atoms with E-state index in [2.05, 4.69) is 35.8 Å². The largest absolute Gasteiger partial charge is 0.444 e. The van der Waals surface area contributed by atoms with E-state index < -0.39 is 17.2 Å². The highest BCUT2D eigenvalue weighted by Gasteiger charge is 2.35. The van der Waals surface area contributed by atoms with Gasteiger partial charge in [0.25, 0.3) is 0 Å². The maximum atomic E-state index is 12.7. The van der Waals surface area contributed by atoms with Crippen LogP contribution in [-0.2, 0) is 4.74 Å². The molecular weight excluding hydrogens is 544 g/mol. The number of benzene rings is 1. The van der Waals surface area contributed by atoms with Crippen molar-refractivity contribution in [3.05, 3.63) is 41.6 Å². The van der Waals surface area contributed by atoms with Crippen molar-refractivity contribution in [2.75, 3.05) is 28.6 Å². The number of rotatable bonds is 4. The number of urea groups is 1. The van der Waals surface area contributed by atoms with Gasteiger partial charge in [-0.1, -0.05) is 11.6 Å². The first-order valence-electron chi connectivity index (χ1n) is 13.6. The van der Waals surface area contributed by atoms with Crippen LogP contribution < -0.4 is 20.9 Å². The highest BCUT2D eigenvalue weighted by atomic mass is 35.5. The van der Waals surface area contributed by atoms with E-state index in [1.165, 1.54) is 0 Å². The van der Waals surface area contributed by atoms with Crippen LogP contribution in [0.4, 0.5) is 32.7 Å². The van der Waals surface area contributed by atoms with Crippen LogP contribution in [0.3, 0.4) is 0 Å². The molecule has 3 N–H and O–H groups in total. The molecule has 0 bridgehead atoms. The average Bonchev–Trinajstić information content (AvgIpc) is 2.82. The molecular formula is C29H39ClN8O3. The van der Waals surface area contributed by atoms with Crippen LogP contribution in [0.15, 0.2) is 36.5 Å². The van der Waals surface area contributed by atoms with Gasteiger partial charge in [0.2, 0.25) is 5.95 Å². The molecule has 4 rings (SSSR count). The number of ether oxygens (including phenoxy) is 1. The molecule has 41 heavy (non-hydrogen) atoms. The van der Waals surface area contributed by atoms with E-state index in [1.54, 1.807) is 12.3 Å². The predicted molar refractivity (Wildman–Crippen MR) is 163 cm³/mol. The maximum Gasteiger partial charge on any atom is 0.410 e. The highest BCUT2D eigenvalue weighted by Crippen LogP contribution is 2.28. The topological polar surface area (TPSA) is 125 Å². The molecule has 220 valence electrons. The van der Waals surface area contributed by atoms with Crippen LogP contribution in [0.25, 0.3) is 11.0 Å². The Hall–Kier alpha value is -3.86. The first kappa shape index (κ1) is 30.1. The minimum absolute atomic E-state index is 0.00248. The zero-order valence-electron chi connectivity index (χ0n) is 24.9. The number of fused-ring (bicyclic) bond motifs is 1. The summed E-state index contributed by atoms with van der Waals surface area (Å²) in [5.74, 6) is 0.573. The fraction of sp³-hybridized carbons (Fsp3) is 0.483. The molecule has 3 aromatic rings. The molecule has 1 saturated heterocycles. The Morgan fingerprint density at radius 3 is 2.22 bits per heavy atom. The number of piperazine rings is 1. The van der Waals surface area contributed by atoms with E-state index in [0.717, 1.165) is 11.4 Å². The lowest BCUT2D eigenvalue weighted by Gasteiger charge is -2.45. The molecule has 1 aromatic carbocycles. The van der Waals surface area contributed by atoms with Gasteiger partial charge in [-0.05, 0) is 85.7 Å². The normalized spacial score (nSPS) is 17.8. The standard InChI is InChI=1S/C29H39ClN8O3/c1-17-15-37(16-18(2)38(17)27(40)41-29(6,7)8)21-11-9-20(10-12-21)32-25-31-14-19-13-22(30)24(33-23(19)34-25)35-26(39)36-28(3,4)5/h9-14,17-18H,15-16H2,1-8H3,(H3,31,32,33,34,35,36,39). The van der Waals surface area contributed by atoms with Crippen LogP contribution in [0.5, 0.6) is 0 Å². The summed E-state index contributed by atoms with van der Waals surface area (Å²) in [6, 6.07) is 9.22. The van der Waals surface area contributed by atoms with E-state index >= 15 is 0 Å². The zero-order valence-corrected chi connectivity index (χ0v) is 25.6. The zero-order chi connectivity index (χ0) is 30.1. The Bertz CT molecular complexity index is 1410. The van der Waals surface area contributed by atoms with Gasteiger partial charge in [-0.2, -0.15) is 4.98 Å². The van der Waals surface area contributed by atoms with Gasteiger partial charge in [0, 0.05) is 41.6 Å². The number of carbonyl (C=O) groups excluding carboxylic acids is 2. The van der Waals surface area contributed by atoms with Crippen molar-refractivity contribution in [1.29, 1.82) is 0 Å². The number of nitrogens with zero attached hydrogens (tertiary/aromatic N) is 5. The van der Waals surface area contributed by atoms with Gasteiger partial charge >= 0.3 is 12.1 Å². The lowest BCUT2D eigenvalue weighted by atomic mass is 10.1. The molecule has 0 saturated carbocycles. The molecule has 0 aliphatic carbocycles. The quantitative estimate of drug-likeness (QED) is 0.333. The summed E-state index contributed by atoms with van der Waals surface area (Å²) >= 11 is 6.33. The molecule has 0 spiro atoms. The summed E-state index contributed by atoms with van der Waals surface area (Å²) in [6.07, 6.45) is 1.35. The number of nitrogens with one attached hydrogen (secondary N) is 3. The Labute approximate surface area is 246 Å². The van der Waals surface area contributed by atoms with Gasteiger partial charge in [0.05, 0.1) is 17.1 Å². The average molecular weight is 583 g/mol. The summed E-state index contributed by atoms with van der Waals surface area (Å²) in [4.78, 5) is 42.5. The Balaban J connectivity index is 1.43. The number of hydrogen-bond acceptors (Lipinski definition) is 8. The number of carbonyl (C=O) groups is 2. The number of anilines is 4. The molecule has 1 aliphatic heterocycles. The van der Waals surface area contributed by atoms with Crippen molar-refractivity contribution >= 4 is 57.9 Å². The minimum Gasteiger partial charge on any atom is -0.444 e. The Morgan fingerprint density at radius 2 is 1.63 bits per heavy atom. The molecule has 1 aliphatic rings. The van der Waals surface area contributed by atoms with Crippen LogP contribution in [0.2, 0.25) is 5.02 Å². The fourth-order valence-electron chi connectivity index (χ4n) is 4.66. The lowest BCUT2D eigenvalue weighted by Crippen LogP contribution is -2.59. The van der Waals surface area contributed by atoms with Crippen LogP contribution in [-0.4, -0.2) is 68.3 Å². The van der Waals surface area contributed by atoms with Crippen molar-refractivity contribution in [3.63, 3.8) is 0 Å². The maximum absolute atomic E-state index is 12.7. The summed E-state index contributed by atoms with van der Waals surface area (Å²) in [5.41, 5.74) is 1.31. The second-order valence-corrected chi connectivity index (χ2v) is 12.8. The van der Waals surface area contributed by atoms with Gasteiger partial charge in [0.1, 0.15) is 5.60 Å². The number of pyridine rings is 1. The Morgan fingerprint density at radius 1 is 1.00 bits per heavy atom. The number of hydrogen-bond donors (Lipinski definition) is 3. The third kappa shape index (κ3) is 7.87. The molecule has 2 aromatic heterocycles. The second kappa shape index (κ2) is 11.6. The minimum atomic E-state index is -0.532. The molecule has 3 amide bonds. The van der Waals surface area contributed by atoms with Crippen LogP contribution in [0, 0.1) is 0 Å². The molecule has 2 unspecified atom stereocenters. The highest BCUT2D eigenvalue weighted by molar-refractivity contribution is 6.34. The second-order valence-electron chi connectivity index (χ2n) is 12.4. The van der Waals surface area contributed by atoms with E-state index in [4.69, 9.17) is 16.3 Å². The van der Waals surface area contributed by atoms with Crippen molar-refractivity contribution in [1.82, 2.24) is 25.2 Å². The first-order chi connectivity index (χ1) is 19.1. The van der Waals surface area contributed by atoms with Gasteiger partial charge in [0.15, 0.2) is 11.5 Å². The fourth-order valence-corrected chi connectivity index (χ4v) is 4.86. The van der Waals surface area contributed by atoms with Gasteiger partial charge in [-0.15, -0.1) is 0 Å². The van der Waals surface area contributed by atoms with Crippen LogP contribution >= 0.6 is 11.6 Å². The van der Waals surface area contributed by atoms with Gasteiger partial charge < -0.3 is 20.3 Å². The van der Waals surface area contributed by atoms with E-state index in [0.29, 0.717) is 30.1 Å². The van der Waals surface area contributed by atoms with E-state index in [-0.39, 0.29) is 29.0 Å². The lowest BCUT2D eigenvalue weighted by molar-refractivity contribution is 0.00565. The first-order valence-corrected chi connectivity index (χ1v) is 14.0. The number of amides is 3. The third-order valence-corrected chi connectivity index (χ3v) is 6.54. The van der Waals surface area contributed by atoms with Gasteiger partial charge in [-0.25, -0.2) is 19.6 Å². The predicted octanol–water partition coefficient (Wildman–Crippen LogP) is 6.18. The van der Waals surface area contributed by atoms with Crippen molar-refractivity contribution in [3.8, 4) is 0 Å². The van der Waals surface area contributed by atoms with Gasteiger partial charge in [-0.3, -0.25) is 10.2 Å². The van der Waals surface area contributed by atoms with E-state index in [9.17, 15) is 9.59 Å². The summed E-state index contributed by atoms with van der Waals surface area (Å²) in [7, 11) is 0. The Kier molecular flexibility index (Phi) is 8.49. The molecule has 0 radical (unpaired) electrons. The number of halogens is 1. The molecule has 11 nitrogen and oxygen atoms in total. The summed E-state index contributed by atoms with van der Waals surface area (Å²) < 4.78 is 5.62. The third-order valence-electron chi connectivity index (χ3n) is 6.25.